The van der Waals surface area contributed by atoms with Crippen LogP contribution in [-0.2, 0) is 0 Å². The fourth-order valence-electron chi connectivity index (χ4n) is 1.48. The molecule has 98 valence electrons. The summed E-state index contributed by atoms with van der Waals surface area (Å²) in [6.45, 7) is 0. The topological polar surface area (TPSA) is 55.1 Å². The average molecular weight is 327 g/mol. The zero-order valence-electron chi connectivity index (χ0n) is 9.58. The summed E-state index contributed by atoms with van der Waals surface area (Å²) in [5.41, 5.74) is 6.19. The van der Waals surface area contributed by atoms with Crippen molar-refractivity contribution in [3.05, 3.63) is 58.1 Å². The van der Waals surface area contributed by atoms with E-state index in [0.717, 1.165) is 6.07 Å². The Morgan fingerprint density at radius 2 is 1.95 bits per heavy atom. The number of carbonyl (C=O) groups excluding carboxylic acids is 1. The number of benzene rings is 2. The van der Waals surface area contributed by atoms with Crippen molar-refractivity contribution >= 4 is 33.2 Å². The zero-order chi connectivity index (χ0) is 14.0. The molecular formula is C13H9BrF2N2O. The molecule has 1 amide bonds. The first-order valence-corrected chi connectivity index (χ1v) is 6.08. The molecule has 19 heavy (non-hydrogen) atoms. The summed E-state index contributed by atoms with van der Waals surface area (Å²) in [6, 6.07) is 8.15. The van der Waals surface area contributed by atoms with E-state index >= 15 is 0 Å². The van der Waals surface area contributed by atoms with Gasteiger partial charge in [0.15, 0.2) is 11.6 Å². The van der Waals surface area contributed by atoms with Crippen molar-refractivity contribution in [1.29, 1.82) is 0 Å². The Balaban J connectivity index is 2.26. The highest BCUT2D eigenvalue weighted by Gasteiger charge is 2.15. The van der Waals surface area contributed by atoms with Crippen molar-refractivity contribution in [1.82, 2.24) is 0 Å². The van der Waals surface area contributed by atoms with Gasteiger partial charge in [0.1, 0.15) is 0 Å². The van der Waals surface area contributed by atoms with Crippen LogP contribution in [0.3, 0.4) is 0 Å². The van der Waals surface area contributed by atoms with Crippen molar-refractivity contribution in [2.75, 3.05) is 11.1 Å². The highest BCUT2D eigenvalue weighted by atomic mass is 79.9. The van der Waals surface area contributed by atoms with E-state index in [-0.39, 0.29) is 5.56 Å². The first-order valence-electron chi connectivity index (χ1n) is 5.29. The van der Waals surface area contributed by atoms with Crippen LogP contribution in [-0.4, -0.2) is 5.91 Å². The first kappa shape index (κ1) is 13.5. The molecule has 3 nitrogen and oxygen atoms in total. The minimum atomic E-state index is -1.17. The number of amides is 1. The zero-order valence-corrected chi connectivity index (χ0v) is 11.2. The van der Waals surface area contributed by atoms with Gasteiger partial charge in [0.25, 0.3) is 5.91 Å². The maximum Gasteiger partial charge on any atom is 0.258 e. The summed E-state index contributed by atoms with van der Waals surface area (Å²) in [5.74, 6) is -2.96. The van der Waals surface area contributed by atoms with Gasteiger partial charge in [-0.05, 0) is 46.3 Å². The van der Waals surface area contributed by atoms with Gasteiger partial charge in [0.2, 0.25) is 0 Å². The summed E-state index contributed by atoms with van der Waals surface area (Å²) in [6.07, 6.45) is 0. The van der Waals surface area contributed by atoms with E-state index in [0.29, 0.717) is 15.8 Å². The second-order valence-electron chi connectivity index (χ2n) is 3.79. The summed E-state index contributed by atoms with van der Waals surface area (Å²) < 4.78 is 27.1. The number of hydrogen-bond acceptors (Lipinski definition) is 2. The first-order chi connectivity index (χ1) is 8.99. The van der Waals surface area contributed by atoms with Gasteiger partial charge in [0, 0.05) is 15.8 Å². The molecule has 0 bridgehead atoms. The highest BCUT2D eigenvalue weighted by molar-refractivity contribution is 9.10. The van der Waals surface area contributed by atoms with Crippen molar-refractivity contribution < 1.29 is 13.6 Å². The molecule has 0 aliphatic carbocycles. The van der Waals surface area contributed by atoms with Crippen LogP contribution in [0.1, 0.15) is 10.4 Å². The predicted octanol–water partition coefficient (Wildman–Crippen LogP) is 3.56. The van der Waals surface area contributed by atoms with Gasteiger partial charge in [-0.3, -0.25) is 4.79 Å². The summed E-state index contributed by atoms with van der Waals surface area (Å²) in [5, 5.41) is 2.46. The van der Waals surface area contributed by atoms with Gasteiger partial charge in [-0.1, -0.05) is 6.07 Å². The smallest absolute Gasteiger partial charge is 0.258 e. The largest absolute Gasteiger partial charge is 0.398 e. The van der Waals surface area contributed by atoms with Crippen LogP contribution < -0.4 is 11.1 Å². The fourth-order valence-corrected chi connectivity index (χ4v) is 1.86. The summed E-state index contributed by atoms with van der Waals surface area (Å²) in [7, 11) is 0. The van der Waals surface area contributed by atoms with E-state index in [1.807, 2.05) is 0 Å². The second-order valence-corrected chi connectivity index (χ2v) is 4.65. The Hall–Kier alpha value is -1.95. The molecule has 0 radical (unpaired) electrons. The third kappa shape index (κ3) is 2.90. The summed E-state index contributed by atoms with van der Waals surface area (Å²) in [4.78, 5) is 11.8. The summed E-state index contributed by atoms with van der Waals surface area (Å²) >= 11 is 3.21. The second kappa shape index (κ2) is 5.36. The lowest BCUT2D eigenvalue weighted by Crippen LogP contribution is -2.14. The van der Waals surface area contributed by atoms with Gasteiger partial charge in [-0.25, -0.2) is 8.78 Å². The van der Waals surface area contributed by atoms with Crippen molar-refractivity contribution in [2.24, 2.45) is 0 Å². The number of anilines is 2. The van der Waals surface area contributed by atoms with Crippen molar-refractivity contribution in [3.63, 3.8) is 0 Å². The maximum atomic E-state index is 13.4. The van der Waals surface area contributed by atoms with Crippen LogP contribution in [0.2, 0.25) is 0 Å². The number of hydrogen-bond donors (Lipinski definition) is 2. The van der Waals surface area contributed by atoms with E-state index in [4.69, 9.17) is 5.73 Å². The lowest BCUT2D eigenvalue weighted by Gasteiger charge is -2.07. The molecule has 0 saturated heterocycles. The molecule has 0 spiro atoms. The standard InChI is InChI=1S/C13H9BrF2N2O/c14-9-6-7(4-5-11(9)17)18-13(19)8-2-1-3-10(15)12(8)16/h1-6H,17H2,(H,18,19). The number of nitrogens with one attached hydrogen (secondary N) is 1. The van der Waals surface area contributed by atoms with Crippen LogP contribution >= 0.6 is 15.9 Å². The molecule has 0 atom stereocenters. The Kier molecular flexibility index (Phi) is 3.80. The normalized spacial score (nSPS) is 10.3. The molecule has 2 aromatic carbocycles. The van der Waals surface area contributed by atoms with E-state index < -0.39 is 17.5 Å². The molecule has 6 heteroatoms. The molecule has 0 saturated carbocycles. The van der Waals surface area contributed by atoms with Crippen molar-refractivity contribution in [3.8, 4) is 0 Å². The Labute approximate surface area is 116 Å². The lowest BCUT2D eigenvalue weighted by atomic mass is 10.2. The Morgan fingerprint density at radius 1 is 1.21 bits per heavy atom. The van der Waals surface area contributed by atoms with Gasteiger partial charge < -0.3 is 11.1 Å². The van der Waals surface area contributed by atoms with Crippen LogP contribution in [0.25, 0.3) is 0 Å². The molecule has 0 aliphatic heterocycles. The molecule has 0 unspecified atom stereocenters. The number of nitrogen functional groups attached to an aromatic ring is 1. The molecule has 0 aliphatic rings. The Morgan fingerprint density at radius 3 is 2.63 bits per heavy atom. The minimum absolute atomic E-state index is 0.354. The quantitative estimate of drug-likeness (QED) is 0.829. The SMILES string of the molecule is Nc1ccc(NC(=O)c2cccc(F)c2F)cc1Br. The van der Waals surface area contributed by atoms with Crippen molar-refractivity contribution in [2.45, 2.75) is 0 Å². The minimum Gasteiger partial charge on any atom is -0.398 e. The van der Waals surface area contributed by atoms with Crippen LogP contribution in [0.4, 0.5) is 20.2 Å². The molecular weight excluding hydrogens is 318 g/mol. The van der Waals surface area contributed by atoms with E-state index in [2.05, 4.69) is 21.2 Å². The molecule has 2 aromatic rings. The van der Waals surface area contributed by atoms with Crippen LogP contribution in [0.15, 0.2) is 40.9 Å². The predicted molar refractivity (Wildman–Crippen MR) is 72.9 cm³/mol. The fraction of sp³-hybridized carbons (Fsp3) is 0. The van der Waals surface area contributed by atoms with E-state index in [9.17, 15) is 13.6 Å². The van der Waals surface area contributed by atoms with Crippen LogP contribution in [0, 0.1) is 11.6 Å². The molecule has 3 N–H and O–H groups in total. The van der Waals surface area contributed by atoms with Gasteiger partial charge in [-0.2, -0.15) is 0 Å². The molecule has 0 heterocycles. The third-order valence-corrected chi connectivity index (χ3v) is 3.14. The molecule has 0 fully saturated rings. The monoisotopic (exact) mass is 326 g/mol. The number of carbonyl (C=O) groups is 1. The highest BCUT2D eigenvalue weighted by Crippen LogP contribution is 2.23. The van der Waals surface area contributed by atoms with Crippen LogP contribution in [0.5, 0.6) is 0 Å². The van der Waals surface area contributed by atoms with Gasteiger partial charge >= 0.3 is 0 Å². The molecule has 2 rings (SSSR count). The molecule has 0 aromatic heterocycles. The van der Waals surface area contributed by atoms with E-state index in [1.165, 1.54) is 12.1 Å². The maximum absolute atomic E-state index is 13.4. The number of halogens is 3. The average Bonchev–Trinajstić information content (AvgIpc) is 2.37. The Bertz CT molecular complexity index is 647. The number of nitrogens with two attached hydrogens (primary N) is 1. The van der Waals surface area contributed by atoms with Gasteiger partial charge in [-0.15, -0.1) is 0 Å². The lowest BCUT2D eigenvalue weighted by molar-refractivity contribution is 0.102. The van der Waals surface area contributed by atoms with Gasteiger partial charge in [0.05, 0.1) is 5.56 Å². The van der Waals surface area contributed by atoms with E-state index in [1.54, 1.807) is 18.2 Å². The number of rotatable bonds is 2. The third-order valence-electron chi connectivity index (χ3n) is 2.45.